The highest BCUT2D eigenvalue weighted by molar-refractivity contribution is 6.02. The highest BCUT2D eigenvalue weighted by atomic mass is 16.5. The first-order valence-corrected chi connectivity index (χ1v) is 9.52. The maximum Gasteiger partial charge on any atom is 0.166 e. The minimum atomic E-state index is -2.50. The molecule has 28 heavy (non-hydrogen) atoms. The van der Waals surface area contributed by atoms with Crippen LogP contribution in [0.2, 0.25) is 0 Å². The van der Waals surface area contributed by atoms with E-state index in [4.69, 9.17) is 19.1 Å². The summed E-state index contributed by atoms with van der Waals surface area (Å²) in [6.45, 7) is -0.851. The third-order valence-corrected chi connectivity index (χ3v) is 5.29. The quantitative estimate of drug-likeness (QED) is 0.739. The van der Waals surface area contributed by atoms with Gasteiger partial charge in [0.1, 0.15) is 0 Å². The Hall–Kier alpha value is -2.33. The van der Waals surface area contributed by atoms with Crippen molar-refractivity contribution in [3.8, 4) is 11.5 Å². The number of hydrogen-bond acceptors (Lipinski definition) is 4. The number of benzene rings is 2. The molecule has 148 valence electrons. The normalized spacial score (nSPS) is 28.8. The molecule has 0 bridgehead atoms. The SMILES string of the molecule is [2H]c1c(OC)c(OC)c([2H])c2c1C(=O)C([2H])(CC1CCN(C([2H])([2H])c3ccccc3)CC1)C2([2H])[2H]. The van der Waals surface area contributed by atoms with Crippen LogP contribution in [0.5, 0.6) is 11.5 Å². The molecule has 2 aliphatic rings. The smallest absolute Gasteiger partial charge is 0.166 e. The van der Waals surface area contributed by atoms with Gasteiger partial charge in [0.15, 0.2) is 17.3 Å². The molecule has 0 radical (unpaired) electrons. The second kappa shape index (κ2) is 8.36. The van der Waals surface area contributed by atoms with Crippen LogP contribution in [0, 0.1) is 11.8 Å². The average molecular weight is 387 g/mol. The number of ketones is 1. The van der Waals surface area contributed by atoms with Crippen LogP contribution in [-0.4, -0.2) is 38.0 Å². The van der Waals surface area contributed by atoms with Gasteiger partial charge in [0.25, 0.3) is 0 Å². The number of methoxy groups -OCH3 is 2. The van der Waals surface area contributed by atoms with E-state index in [-0.39, 0.29) is 47.0 Å². The van der Waals surface area contributed by atoms with E-state index in [1.54, 1.807) is 29.2 Å². The van der Waals surface area contributed by atoms with Gasteiger partial charge >= 0.3 is 0 Å². The lowest BCUT2D eigenvalue weighted by Gasteiger charge is -2.32. The van der Waals surface area contributed by atoms with E-state index in [0.717, 1.165) is 0 Å². The molecule has 1 unspecified atom stereocenters. The predicted octanol–water partition coefficient (Wildman–Crippen LogP) is 4.36. The summed E-state index contributed by atoms with van der Waals surface area (Å²) in [6, 6.07) is 8.15. The van der Waals surface area contributed by atoms with Crippen molar-refractivity contribution in [3.05, 3.63) is 59.1 Å². The number of nitrogens with zero attached hydrogens (tertiary/aromatic N) is 1. The van der Waals surface area contributed by atoms with Crippen LogP contribution in [0.4, 0.5) is 0 Å². The summed E-state index contributed by atoms with van der Waals surface area (Å²) >= 11 is 0. The molecule has 4 nitrogen and oxygen atoms in total. The molecule has 2 aromatic rings. The summed E-state index contributed by atoms with van der Waals surface area (Å²) in [6.07, 6.45) is -1.58. The van der Waals surface area contributed by atoms with Crippen molar-refractivity contribution < 1.29 is 23.9 Å². The summed E-state index contributed by atoms with van der Waals surface area (Å²) in [5.41, 5.74) is -0.0227. The topological polar surface area (TPSA) is 38.8 Å². The average Bonchev–Trinajstić information content (AvgIpc) is 2.99. The molecule has 2 aromatic carbocycles. The Morgan fingerprint density at radius 2 is 1.86 bits per heavy atom. The Morgan fingerprint density at radius 1 is 1.18 bits per heavy atom. The van der Waals surface area contributed by atoms with Crippen molar-refractivity contribution >= 4 is 5.78 Å². The molecule has 1 aliphatic carbocycles. The van der Waals surface area contributed by atoms with E-state index in [2.05, 4.69) is 0 Å². The fraction of sp³-hybridized carbons (Fsp3) is 0.458. The highest BCUT2D eigenvalue weighted by Crippen LogP contribution is 2.39. The molecule has 0 saturated carbocycles. The van der Waals surface area contributed by atoms with Crippen molar-refractivity contribution in [2.45, 2.75) is 32.1 Å². The van der Waals surface area contributed by atoms with Gasteiger partial charge < -0.3 is 9.47 Å². The van der Waals surface area contributed by atoms with Crippen LogP contribution in [-0.2, 0) is 12.9 Å². The number of fused-ring (bicyclic) bond motifs is 1. The van der Waals surface area contributed by atoms with Crippen molar-refractivity contribution in [1.82, 2.24) is 4.90 Å². The standard InChI is InChI=1S/C24H29NO3/c1-27-22-14-19-13-20(24(26)21(19)15-23(22)28-2)12-17-8-10-25(11-9-17)16-18-6-4-3-5-7-18/h3-7,14-15,17,20H,8-13,16H2,1-2H3/i13D2,14D,15D,16D2,20D. The van der Waals surface area contributed by atoms with Crippen LogP contribution >= 0.6 is 0 Å². The van der Waals surface area contributed by atoms with Gasteiger partial charge in [0.05, 0.1) is 17.0 Å². The summed E-state index contributed by atoms with van der Waals surface area (Å²) in [4.78, 5) is 15.2. The van der Waals surface area contributed by atoms with Crippen LogP contribution in [0.1, 0.15) is 50.3 Å². The zero-order valence-corrected chi connectivity index (χ0v) is 16.2. The first-order chi connectivity index (χ1) is 16.4. The zero-order chi connectivity index (χ0) is 25.8. The molecule has 0 amide bonds. The Balaban J connectivity index is 1.59. The molecule has 1 aliphatic heterocycles. The molecule has 0 N–H and O–H groups in total. The minimum Gasteiger partial charge on any atom is -0.493 e. The second-order valence-corrected chi connectivity index (χ2v) is 7.11. The fourth-order valence-electron chi connectivity index (χ4n) is 3.75. The lowest BCUT2D eigenvalue weighted by atomic mass is 9.85. The Morgan fingerprint density at radius 3 is 2.54 bits per heavy atom. The number of carbonyl (C=O) groups excluding carboxylic acids is 1. The molecule has 4 rings (SSSR count). The number of piperidine rings is 1. The van der Waals surface area contributed by atoms with Gasteiger partial charge in [0, 0.05) is 24.8 Å². The lowest BCUT2D eigenvalue weighted by Crippen LogP contribution is -2.34. The predicted molar refractivity (Wildman–Crippen MR) is 110 cm³/mol. The zero-order valence-electron chi connectivity index (χ0n) is 23.2. The molecule has 0 aromatic heterocycles. The molecule has 1 atom stereocenters. The maximum atomic E-state index is 13.5. The minimum absolute atomic E-state index is 0.0841. The van der Waals surface area contributed by atoms with Gasteiger partial charge in [-0.15, -0.1) is 0 Å². The number of carbonyl (C=O) groups is 1. The molecule has 4 heteroatoms. The van der Waals surface area contributed by atoms with Gasteiger partial charge in [-0.25, -0.2) is 0 Å². The summed E-state index contributed by atoms with van der Waals surface area (Å²) < 4.78 is 70.9. The number of ether oxygens (including phenoxy) is 2. The molecule has 0 spiro atoms. The van der Waals surface area contributed by atoms with E-state index in [0.29, 0.717) is 31.5 Å². The van der Waals surface area contributed by atoms with E-state index < -0.39 is 24.5 Å². The third kappa shape index (κ3) is 3.93. The van der Waals surface area contributed by atoms with E-state index in [9.17, 15) is 4.79 Å². The van der Waals surface area contributed by atoms with Crippen molar-refractivity contribution in [1.29, 1.82) is 0 Å². The Kier molecular flexibility index (Phi) is 3.66. The third-order valence-electron chi connectivity index (χ3n) is 5.29. The number of likely N-dealkylation sites (tertiary alicyclic amines) is 1. The molecule has 1 fully saturated rings. The molecular formula is C24H29NO3. The van der Waals surface area contributed by atoms with Gasteiger partial charge in [0.2, 0.25) is 0 Å². The van der Waals surface area contributed by atoms with Gasteiger partial charge in [-0.1, -0.05) is 30.3 Å². The number of hydrogen-bond donors (Lipinski definition) is 0. The van der Waals surface area contributed by atoms with Gasteiger partial charge in [-0.2, -0.15) is 0 Å². The molecular weight excluding hydrogens is 350 g/mol. The van der Waals surface area contributed by atoms with Crippen LogP contribution < -0.4 is 9.47 Å². The number of Topliss-reactive ketones (excluding diaryl/α,β-unsaturated/α-hetero) is 1. The van der Waals surface area contributed by atoms with Gasteiger partial charge in [-0.3, -0.25) is 9.69 Å². The first-order valence-electron chi connectivity index (χ1n) is 13.0. The maximum absolute atomic E-state index is 13.5. The van der Waals surface area contributed by atoms with Crippen molar-refractivity contribution in [3.63, 3.8) is 0 Å². The highest BCUT2D eigenvalue weighted by Gasteiger charge is 2.34. The van der Waals surface area contributed by atoms with Crippen molar-refractivity contribution in [2.24, 2.45) is 11.8 Å². The van der Waals surface area contributed by atoms with Crippen LogP contribution in [0.25, 0.3) is 0 Å². The molecule has 1 heterocycles. The van der Waals surface area contributed by atoms with Gasteiger partial charge in [-0.05, 0) is 67.9 Å². The van der Waals surface area contributed by atoms with E-state index >= 15 is 0 Å². The van der Waals surface area contributed by atoms with E-state index in [1.165, 1.54) is 14.2 Å². The molecule has 1 saturated heterocycles. The summed E-state index contributed by atoms with van der Waals surface area (Å²) in [5, 5.41) is 0. The second-order valence-electron chi connectivity index (χ2n) is 7.11. The van der Waals surface area contributed by atoms with Crippen molar-refractivity contribution in [2.75, 3.05) is 27.3 Å². The fourth-order valence-corrected chi connectivity index (χ4v) is 3.75. The van der Waals surface area contributed by atoms with E-state index in [1.807, 2.05) is 6.07 Å². The monoisotopic (exact) mass is 386 g/mol. The van der Waals surface area contributed by atoms with Crippen LogP contribution in [0.15, 0.2) is 42.4 Å². The number of rotatable bonds is 6. The lowest BCUT2D eigenvalue weighted by molar-refractivity contribution is 0.0895. The Bertz CT molecular complexity index is 1130. The summed E-state index contributed by atoms with van der Waals surface area (Å²) in [5.74, 6) is -3.46. The largest absolute Gasteiger partial charge is 0.493 e. The summed E-state index contributed by atoms with van der Waals surface area (Å²) in [7, 11) is 2.56. The Labute approximate surface area is 177 Å². The van der Waals surface area contributed by atoms with Crippen LogP contribution in [0.3, 0.4) is 0 Å². The first kappa shape index (κ1) is 12.3.